The standard InChI is InChI=1S/C22H40O3/c1-3-5-7-9-10-11-12-13-14-16-19(23)18-21-20(22(24)25-21)17-15-8-6-4-2/h19,23H,3-18H2,1-2H3/t19-/m1/s1. The Hall–Kier alpha value is -0.830. The summed E-state index contributed by atoms with van der Waals surface area (Å²) in [6.45, 7) is 4.44. The minimum Gasteiger partial charge on any atom is -0.427 e. The number of aliphatic hydroxyl groups excluding tert-OH is 1. The number of rotatable bonds is 17. The van der Waals surface area contributed by atoms with Crippen LogP contribution < -0.4 is 0 Å². The van der Waals surface area contributed by atoms with Crippen LogP contribution in [0.2, 0.25) is 0 Å². The highest BCUT2D eigenvalue weighted by atomic mass is 16.6. The predicted octanol–water partition coefficient (Wildman–Crippen LogP) is 6.44. The summed E-state index contributed by atoms with van der Waals surface area (Å²) in [6, 6.07) is 0. The largest absolute Gasteiger partial charge is 0.427 e. The normalized spacial score (nSPS) is 15.2. The smallest absolute Gasteiger partial charge is 0.342 e. The van der Waals surface area contributed by atoms with Gasteiger partial charge >= 0.3 is 5.97 Å². The maximum Gasteiger partial charge on any atom is 0.342 e. The Bertz CT molecular complexity index is 387. The van der Waals surface area contributed by atoms with Gasteiger partial charge in [0.2, 0.25) is 0 Å². The third-order valence-corrected chi connectivity index (χ3v) is 5.14. The Morgan fingerprint density at radius 3 is 1.88 bits per heavy atom. The molecule has 1 rings (SSSR count). The SMILES string of the molecule is CCCCCCCCCCC[C@@H](O)CC1=C(CCCCCC)C(=O)O1. The summed E-state index contributed by atoms with van der Waals surface area (Å²) in [5, 5.41) is 10.2. The molecule has 1 N–H and O–H groups in total. The van der Waals surface area contributed by atoms with Crippen LogP contribution in [0.4, 0.5) is 0 Å². The van der Waals surface area contributed by atoms with Crippen LogP contribution in [0.15, 0.2) is 11.3 Å². The number of unbranched alkanes of at least 4 members (excludes halogenated alkanes) is 11. The number of esters is 1. The molecule has 0 bridgehead atoms. The van der Waals surface area contributed by atoms with Gasteiger partial charge in [0.25, 0.3) is 0 Å². The molecule has 1 aliphatic rings. The molecule has 0 aliphatic carbocycles. The lowest BCUT2D eigenvalue weighted by molar-refractivity contribution is -0.141. The second-order valence-electron chi connectivity index (χ2n) is 7.58. The van der Waals surface area contributed by atoms with Crippen LogP contribution in [0.25, 0.3) is 0 Å². The second-order valence-corrected chi connectivity index (χ2v) is 7.58. The molecule has 0 radical (unpaired) electrons. The Morgan fingerprint density at radius 2 is 1.32 bits per heavy atom. The maximum absolute atomic E-state index is 11.6. The minimum atomic E-state index is -0.363. The van der Waals surface area contributed by atoms with Crippen molar-refractivity contribution >= 4 is 5.97 Å². The first-order valence-corrected chi connectivity index (χ1v) is 10.8. The molecule has 0 amide bonds. The number of hydrogen-bond donors (Lipinski definition) is 1. The van der Waals surface area contributed by atoms with Crippen molar-refractivity contribution in [3.63, 3.8) is 0 Å². The highest BCUT2D eigenvalue weighted by Gasteiger charge is 2.30. The molecule has 25 heavy (non-hydrogen) atoms. The summed E-state index contributed by atoms with van der Waals surface area (Å²) < 4.78 is 5.15. The fourth-order valence-corrected chi connectivity index (χ4v) is 3.44. The molecule has 1 aliphatic heterocycles. The fraction of sp³-hybridized carbons (Fsp3) is 0.864. The van der Waals surface area contributed by atoms with Crippen molar-refractivity contribution in [1.29, 1.82) is 0 Å². The molecule has 0 unspecified atom stereocenters. The summed E-state index contributed by atoms with van der Waals surface area (Å²) in [5.41, 5.74) is 0.835. The zero-order valence-electron chi connectivity index (χ0n) is 16.7. The lowest BCUT2D eigenvalue weighted by Crippen LogP contribution is -2.25. The highest BCUT2D eigenvalue weighted by Crippen LogP contribution is 2.30. The summed E-state index contributed by atoms with van der Waals surface area (Å²) in [5.74, 6) is 0.590. The Kier molecular flexibility index (Phi) is 12.8. The molecule has 0 aromatic carbocycles. The van der Waals surface area contributed by atoms with E-state index >= 15 is 0 Å². The maximum atomic E-state index is 11.6. The van der Waals surface area contributed by atoms with Gasteiger partial charge < -0.3 is 9.84 Å². The van der Waals surface area contributed by atoms with Gasteiger partial charge in [0.05, 0.1) is 11.7 Å². The molecule has 1 heterocycles. The molecule has 0 spiro atoms. The van der Waals surface area contributed by atoms with E-state index in [0.717, 1.165) is 37.0 Å². The molecule has 0 aromatic rings. The topological polar surface area (TPSA) is 46.5 Å². The van der Waals surface area contributed by atoms with E-state index in [1.807, 2.05) is 0 Å². The van der Waals surface area contributed by atoms with Crippen LogP contribution in [-0.2, 0) is 9.53 Å². The summed E-state index contributed by atoms with van der Waals surface area (Å²) in [7, 11) is 0. The first-order valence-electron chi connectivity index (χ1n) is 10.8. The van der Waals surface area contributed by atoms with Crippen molar-refractivity contribution in [2.45, 2.75) is 123 Å². The Balaban J connectivity index is 2.06. The van der Waals surface area contributed by atoms with E-state index in [9.17, 15) is 9.90 Å². The Labute approximate surface area is 155 Å². The number of carbonyl (C=O) groups excluding carboxylic acids is 1. The van der Waals surface area contributed by atoms with E-state index in [2.05, 4.69) is 13.8 Å². The first kappa shape index (κ1) is 22.2. The van der Waals surface area contributed by atoms with Crippen LogP contribution in [0, 0.1) is 0 Å². The van der Waals surface area contributed by atoms with Gasteiger partial charge in [0, 0.05) is 6.42 Å². The molecular formula is C22H40O3. The van der Waals surface area contributed by atoms with Crippen LogP contribution in [-0.4, -0.2) is 17.2 Å². The van der Waals surface area contributed by atoms with Crippen molar-refractivity contribution in [3.8, 4) is 0 Å². The third kappa shape index (κ3) is 10.0. The van der Waals surface area contributed by atoms with Crippen LogP contribution in [0.3, 0.4) is 0 Å². The van der Waals surface area contributed by atoms with Crippen molar-refractivity contribution in [3.05, 3.63) is 11.3 Å². The quantitative estimate of drug-likeness (QED) is 0.242. The zero-order valence-corrected chi connectivity index (χ0v) is 16.7. The van der Waals surface area contributed by atoms with Crippen molar-refractivity contribution < 1.29 is 14.6 Å². The van der Waals surface area contributed by atoms with E-state index in [-0.39, 0.29) is 12.1 Å². The lowest BCUT2D eigenvalue weighted by Gasteiger charge is -2.24. The first-order chi connectivity index (χ1) is 12.2. The number of ether oxygens (including phenoxy) is 1. The molecule has 3 heteroatoms. The molecular weight excluding hydrogens is 312 g/mol. The van der Waals surface area contributed by atoms with Crippen LogP contribution >= 0.6 is 0 Å². The van der Waals surface area contributed by atoms with Crippen LogP contribution in [0.5, 0.6) is 0 Å². The van der Waals surface area contributed by atoms with Gasteiger partial charge in [-0.05, 0) is 19.3 Å². The summed E-state index contributed by atoms with van der Waals surface area (Å²) in [4.78, 5) is 11.6. The molecule has 3 nitrogen and oxygen atoms in total. The number of hydrogen-bond acceptors (Lipinski definition) is 3. The monoisotopic (exact) mass is 352 g/mol. The van der Waals surface area contributed by atoms with E-state index in [1.165, 1.54) is 70.6 Å². The van der Waals surface area contributed by atoms with Gasteiger partial charge in [-0.3, -0.25) is 0 Å². The average Bonchev–Trinajstić information content (AvgIpc) is 2.59. The molecule has 1 atom stereocenters. The van der Waals surface area contributed by atoms with Gasteiger partial charge in [-0.1, -0.05) is 90.9 Å². The molecule has 0 saturated heterocycles. The van der Waals surface area contributed by atoms with Crippen LogP contribution in [0.1, 0.15) is 117 Å². The molecule has 0 aromatic heterocycles. The van der Waals surface area contributed by atoms with Gasteiger partial charge in [-0.25, -0.2) is 4.79 Å². The lowest BCUT2D eigenvalue weighted by atomic mass is 9.97. The van der Waals surface area contributed by atoms with Crippen molar-refractivity contribution in [2.75, 3.05) is 0 Å². The number of carbonyl (C=O) groups is 1. The molecule has 146 valence electrons. The van der Waals surface area contributed by atoms with Gasteiger partial charge in [0.1, 0.15) is 5.76 Å². The minimum absolute atomic E-state index is 0.165. The Morgan fingerprint density at radius 1 is 0.800 bits per heavy atom. The number of cyclic esters (lactones) is 1. The average molecular weight is 353 g/mol. The third-order valence-electron chi connectivity index (χ3n) is 5.14. The van der Waals surface area contributed by atoms with Gasteiger partial charge in [-0.15, -0.1) is 0 Å². The molecule has 0 fully saturated rings. The van der Waals surface area contributed by atoms with Gasteiger partial charge in [0.15, 0.2) is 0 Å². The van der Waals surface area contributed by atoms with Gasteiger partial charge in [-0.2, -0.15) is 0 Å². The van der Waals surface area contributed by atoms with E-state index < -0.39 is 0 Å². The van der Waals surface area contributed by atoms with E-state index in [0.29, 0.717) is 6.42 Å². The zero-order chi connectivity index (χ0) is 18.3. The van der Waals surface area contributed by atoms with Crippen molar-refractivity contribution in [2.24, 2.45) is 0 Å². The summed E-state index contributed by atoms with van der Waals surface area (Å²) >= 11 is 0. The van der Waals surface area contributed by atoms with Crippen molar-refractivity contribution in [1.82, 2.24) is 0 Å². The number of aliphatic hydroxyl groups is 1. The molecule has 0 saturated carbocycles. The second kappa shape index (κ2) is 14.4. The van der Waals surface area contributed by atoms with E-state index in [4.69, 9.17) is 4.74 Å². The predicted molar refractivity (Wildman–Crippen MR) is 104 cm³/mol. The highest BCUT2D eigenvalue weighted by molar-refractivity contribution is 5.95. The fourth-order valence-electron chi connectivity index (χ4n) is 3.44. The van der Waals surface area contributed by atoms with E-state index in [1.54, 1.807) is 0 Å². The summed E-state index contributed by atoms with van der Waals surface area (Å²) in [6.07, 6.45) is 18.1.